The molecule has 0 bridgehead atoms. The number of hydrogen-bond acceptors (Lipinski definition) is 5. The highest BCUT2D eigenvalue weighted by Crippen LogP contribution is 2.12. The zero-order chi connectivity index (χ0) is 10.8. The molecule has 1 aliphatic heterocycles. The minimum absolute atomic E-state index is 0.123. The van der Waals surface area contributed by atoms with Crippen molar-refractivity contribution >= 4 is 16.0 Å². The zero-order valence-corrected chi connectivity index (χ0v) is 8.79. The van der Waals surface area contributed by atoms with E-state index in [1.54, 1.807) is 0 Å². The number of sulfonamides is 1. The van der Waals surface area contributed by atoms with Gasteiger partial charge < -0.3 is 10.5 Å². The third-order valence-corrected chi connectivity index (χ3v) is 3.83. The van der Waals surface area contributed by atoms with Crippen LogP contribution in [0.1, 0.15) is 6.42 Å². The quantitative estimate of drug-likeness (QED) is 0.588. The molecule has 0 spiro atoms. The Bertz CT molecular complexity index is 314. The molecule has 7 heteroatoms. The number of rotatable bonds is 3. The van der Waals surface area contributed by atoms with Gasteiger partial charge in [-0.1, -0.05) is 0 Å². The van der Waals surface area contributed by atoms with Crippen LogP contribution in [0.2, 0.25) is 0 Å². The van der Waals surface area contributed by atoms with Gasteiger partial charge in [0.05, 0.1) is 7.11 Å². The smallest absolute Gasteiger partial charge is 0.322 e. The summed E-state index contributed by atoms with van der Waals surface area (Å²) in [6, 6.07) is -0.123. The van der Waals surface area contributed by atoms with Gasteiger partial charge >= 0.3 is 5.97 Å². The minimum Gasteiger partial charge on any atom is -0.468 e. The Morgan fingerprint density at radius 3 is 2.71 bits per heavy atom. The maximum atomic E-state index is 11.5. The molecule has 1 unspecified atom stereocenters. The Balaban J connectivity index is 2.62. The van der Waals surface area contributed by atoms with E-state index < -0.39 is 21.7 Å². The number of nitrogens with zero attached hydrogens (tertiary/aromatic N) is 1. The van der Waals surface area contributed by atoms with E-state index in [0.717, 1.165) is 7.11 Å². The van der Waals surface area contributed by atoms with Crippen molar-refractivity contribution in [3.63, 3.8) is 0 Å². The zero-order valence-electron chi connectivity index (χ0n) is 7.97. The Morgan fingerprint density at radius 2 is 2.29 bits per heavy atom. The third kappa shape index (κ3) is 2.66. The normalized spacial score (nSPS) is 23.7. The Kier molecular flexibility index (Phi) is 3.46. The van der Waals surface area contributed by atoms with Crippen LogP contribution in [0.4, 0.5) is 0 Å². The summed E-state index contributed by atoms with van der Waals surface area (Å²) in [5.74, 6) is -1.35. The van der Waals surface area contributed by atoms with Crippen molar-refractivity contribution in [2.75, 3.05) is 26.0 Å². The van der Waals surface area contributed by atoms with Crippen LogP contribution in [-0.4, -0.2) is 50.7 Å². The predicted molar refractivity (Wildman–Crippen MR) is 50.0 cm³/mol. The van der Waals surface area contributed by atoms with Crippen molar-refractivity contribution < 1.29 is 17.9 Å². The minimum atomic E-state index is -3.53. The average Bonchev–Trinajstić information content (AvgIpc) is 2.51. The lowest BCUT2D eigenvalue weighted by Crippen LogP contribution is -2.36. The van der Waals surface area contributed by atoms with E-state index in [0.29, 0.717) is 19.5 Å². The SMILES string of the molecule is COC(=O)CS(=O)(=O)N1CCC(N)C1. The van der Waals surface area contributed by atoms with Gasteiger partial charge in [-0.3, -0.25) is 4.79 Å². The van der Waals surface area contributed by atoms with Crippen LogP contribution in [0.25, 0.3) is 0 Å². The van der Waals surface area contributed by atoms with Gasteiger partial charge in [-0.25, -0.2) is 8.42 Å². The molecule has 1 heterocycles. The lowest BCUT2D eigenvalue weighted by molar-refractivity contribution is -0.137. The summed E-state index contributed by atoms with van der Waals surface area (Å²) >= 11 is 0. The van der Waals surface area contributed by atoms with Crippen LogP contribution in [-0.2, 0) is 19.6 Å². The van der Waals surface area contributed by atoms with E-state index in [1.165, 1.54) is 4.31 Å². The van der Waals surface area contributed by atoms with Crippen molar-refractivity contribution in [2.45, 2.75) is 12.5 Å². The van der Waals surface area contributed by atoms with E-state index in [1.807, 2.05) is 0 Å². The summed E-state index contributed by atoms with van der Waals surface area (Å²) in [5, 5.41) is 0. The molecule has 2 N–H and O–H groups in total. The fourth-order valence-corrected chi connectivity index (χ4v) is 2.71. The Labute approximate surface area is 83.1 Å². The molecule has 1 atom stereocenters. The van der Waals surface area contributed by atoms with Gasteiger partial charge in [-0.2, -0.15) is 4.31 Å². The van der Waals surface area contributed by atoms with Gasteiger partial charge in [-0.05, 0) is 6.42 Å². The first-order valence-corrected chi connectivity index (χ1v) is 5.87. The maximum Gasteiger partial charge on any atom is 0.322 e. The second kappa shape index (κ2) is 4.24. The highest BCUT2D eigenvalue weighted by atomic mass is 32.2. The standard InChI is InChI=1S/C7H14N2O4S/c1-13-7(10)5-14(11,12)9-3-2-6(8)4-9/h6H,2-5,8H2,1H3. The lowest BCUT2D eigenvalue weighted by atomic mass is 10.3. The first kappa shape index (κ1) is 11.4. The highest BCUT2D eigenvalue weighted by Gasteiger charge is 2.31. The molecule has 0 aromatic heterocycles. The molecule has 0 amide bonds. The van der Waals surface area contributed by atoms with Crippen LogP contribution in [0.3, 0.4) is 0 Å². The number of carbonyl (C=O) groups excluding carboxylic acids is 1. The van der Waals surface area contributed by atoms with E-state index in [2.05, 4.69) is 4.74 Å². The van der Waals surface area contributed by atoms with Crippen LogP contribution >= 0.6 is 0 Å². The predicted octanol–water partition coefficient (Wildman–Crippen LogP) is -1.48. The van der Waals surface area contributed by atoms with Crippen molar-refractivity contribution in [1.82, 2.24) is 4.31 Å². The van der Waals surface area contributed by atoms with E-state index in [9.17, 15) is 13.2 Å². The van der Waals surface area contributed by atoms with Crippen molar-refractivity contribution in [3.05, 3.63) is 0 Å². The number of ether oxygens (including phenoxy) is 1. The van der Waals surface area contributed by atoms with Crippen molar-refractivity contribution in [1.29, 1.82) is 0 Å². The number of hydrogen-bond donors (Lipinski definition) is 1. The van der Waals surface area contributed by atoms with Gasteiger partial charge in [-0.15, -0.1) is 0 Å². The molecule has 0 saturated carbocycles. The molecule has 0 aromatic rings. The molecule has 1 saturated heterocycles. The van der Waals surface area contributed by atoms with E-state index in [-0.39, 0.29) is 6.04 Å². The Morgan fingerprint density at radius 1 is 1.64 bits per heavy atom. The van der Waals surface area contributed by atoms with Gasteiger partial charge in [0.15, 0.2) is 5.75 Å². The van der Waals surface area contributed by atoms with Gasteiger partial charge in [0.2, 0.25) is 10.0 Å². The summed E-state index contributed by atoms with van der Waals surface area (Å²) in [4.78, 5) is 10.8. The summed E-state index contributed by atoms with van der Waals surface area (Å²) in [6.07, 6.45) is 0.639. The molecule has 82 valence electrons. The molecule has 0 aliphatic carbocycles. The number of carbonyl (C=O) groups is 1. The third-order valence-electron chi connectivity index (χ3n) is 2.11. The topological polar surface area (TPSA) is 89.7 Å². The molecule has 1 aliphatic rings. The molecule has 14 heavy (non-hydrogen) atoms. The molecule has 6 nitrogen and oxygen atoms in total. The monoisotopic (exact) mass is 222 g/mol. The molecule has 0 aromatic carbocycles. The van der Waals surface area contributed by atoms with Gasteiger partial charge in [0, 0.05) is 19.1 Å². The summed E-state index contributed by atoms with van der Waals surface area (Å²) in [6.45, 7) is 0.680. The van der Waals surface area contributed by atoms with Crippen molar-refractivity contribution in [2.24, 2.45) is 5.73 Å². The lowest BCUT2D eigenvalue weighted by Gasteiger charge is -2.14. The summed E-state index contributed by atoms with van der Waals surface area (Å²) in [5.41, 5.74) is 5.56. The first-order chi connectivity index (χ1) is 6.45. The molecular weight excluding hydrogens is 208 g/mol. The first-order valence-electron chi connectivity index (χ1n) is 4.26. The Hall–Kier alpha value is -0.660. The second-order valence-electron chi connectivity index (χ2n) is 3.24. The number of methoxy groups -OCH3 is 1. The van der Waals surface area contributed by atoms with E-state index >= 15 is 0 Å². The highest BCUT2D eigenvalue weighted by molar-refractivity contribution is 7.89. The van der Waals surface area contributed by atoms with Crippen molar-refractivity contribution in [3.8, 4) is 0 Å². The van der Waals surface area contributed by atoms with Crippen LogP contribution < -0.4 is 5.73 Å². The second-order valence-corrected chi connectivity index (χ2v) is 5.21. The maximum absolute atomic E-state index is 11.5. The fourth-order valence-electron chi connectivity index (χ4n) is 1.31. The van der Waals surface area contributed by atoms with E-state index in [4.69, 9.17) is 5.73 Å². The molecule has 1 rings (SSSR count). The molecule has 1 fully saturated rings. The molecular formula is C7H14N2O4S. The average molecular weight is 222 g/mol. The summed E-state index contributed by atoms with van der Waals surface area (Å²) in [7, 11) is -2.37. The van der Waals surface area contributed by atoms with Crippen LogP contribution in [0.15, 0.2) is 0 Å². The number of nitrogens with two attached hydrogens (primary N) is 1. The van der Waals surface area contributed by atoms with Gasteiger partial charge in [0.25, 0.3) is 0 Å². The largest absolute Gasteiger partial charge is 0.468 e. The van der Waals surface area contributed by atoms with Crippen LogP contribution in [0.5, 0.6) is 0 Å². The molecule has 0 radical (unpaired) electrons. The fraction of sp³-hybridized carbons (Fsp3) is 0.857. The van der Waals surface area contributed by atoms with Gasteiger partial charge in [0.1, 0.15) is 0 Å². The van der Waals surface area contributed by atoms with Crippen LogP contribution in [0, 0.1) is 0 Å². The summed E-state index contributed by atoms with van der Waals surface area (Å²) < 4.78 is 28.6. The number of esters is 1.